The molecule has 2 fully saturated rings. The molecule has 2 aliphatic rings. The van der Waals surface area contributed by atoms with Crippen LogP contribution in [-0.2, 0) is 0 Å². The van der Waals surface area contributed by atoms with Crippen molar-refractivity contribution in [2.75, 3.05) is 6.61 Å². The molecule has 0 spiro atoms. The summed E-state index contributed by atoms with van der Waals surface area (Å²) in [4.78, 5) is 0. The van der Waals surface area contributed by atoms with Crippen molar-refractivity contribution in [1.29, 1.82) is 0 Å². The van der Waals surface area contributed by atoms with Gasteiger partial charge in [-0.25, -0.2) is 4.39 Å². The summed E-state index contributed by atoms with van der Waals surface area (Å²) in [6.45, 7) is 4.43. The van der Waals surface area contributed by atoms with Crippen LogP contribution in [0.15, 0.2) is 12.1 Å². The second-order valence-corrected chi connectivity index (χ2v) is 12.6. The maximum Gasteiger partial charge on any atom is 0.200 e. The molecule has 28 heavy (non-hydrogen) atoms. The fourth-order valence-corrected chi connectivity index (χ4v) is 9.19. The first-order valence-electron chi connectivity index (χ1n) is 11.7. The van der Waals surface area contributed by atoms with E-state index in [4.69, 9.17) is 4.74 Å². The number of unbranched alkanes of at least 4 members (excludes halogenated alkanes) is 2. The highest BCUT2D eigenvalue weighted by Crippen LogP contribution is 2.44. The van der Waals surface area contributed by atoms with Gasteiger partial charge in [0.1, 0.15) is 0 Å². The number of hydrogen-bond acceptors (Lipinski definition) is 1. The number of ether oxygens (including phenoxy) is 1. The molecule has 4 heteroatoms. The fourth-order valence-electron chi connectivity index (χ4n) is 5.66. The molecule has 1 aromatic rings. The predicted octanol–water partition coefficient (Wildman–Crippen LogP) is 7.46. The zero-order chi connectivity index (χ0) is 19.9. The van der Waals surface area contributed by atoms with Gasteiger partial charge in [-0.2, -0.15) is 4.39 Å². The number of hydrogen-bond donors (Lipinski definition) is 0. The summed E-state index contributed by atoms with van der Waals surface area (Å²) in [7, 11) is -0.439. The SMILES string of the molecule is CCCCC[SiH]1CCC(C2CCC(c3ccc(OCC)c(F)c3F)CC2)CC1. The first kappa shape index (κ1) is 21.8. The van der Waals surface area contributed by atoms with Gasteiger partial charge in [-0.15, -0.1) is 0 Å². The maximum absolute atomic E-state index is 14.5. The molecule has 1 aliphatic heterocycles. The van der Waals surface area contributed by atoms with Gasteiger partial charge in [0.05, 0.1) is 6.61 Å². The van der Waals surface area contributed by atoms with Crippen molar-refractivity contribution in [3.63, 3.8) is 0 Å². The largest absolute Gasteiger partial charge is 0.491 e. The van der Waals surface area contributed by atoms with E-state index in [0.29, 0.717) is 12.2 Å². The monoisotopic (exact) mass is 408 g/mol. The first-order valence-corrected chi connectivity index (χ1v) is 14.2. The molecular formula is C24H38F2OSi. The summed E-state index contributed by atoms with van der Waals surface area (Å²) in [5.74, 6) is 0.425. The molecule has 158 valence electrons. The Kier molecular flexibility index (Phi) is 8.37. The third-order valence-corrected chi connectivity index (χ3v) is 10.9. The fraction of sp³-hybridized carbons (Fsp3) is 0.750. The molecule has 0 aromatic heterocycles. The summed E-state index contributed by atoms with van der Waals surface area (Å²) >= 11 is 0. The van der Waals surface area contributed by atoms with Gasteiger partial charge in [-0.05, 0) is 62.0 Å². The molecule has 1 heterocycles. The number of benzene rings is 1. The van der Waals surface area contributed by atoms with Crippen LogP contribution < -0.4 is 4.74 Å². The lowest BCUT2D eigenvalue weighted by atomic mass is 9.72. The van der Waals surface area contributed by atoms with Gasteiger partial charge >= 0.3 is 0 Å². The third-order valence-electron chi connectivity index (χ3n) is 7.36. The van der Waals surface area contributed by atoms with Gasteiger partial charge in [0.2, 0.25) is 5.82 Å². The molecule has 0 atom stereocenters. The van der Waals surface area contributed by atoms with Gasteiger partial charge in [-0.3, -0.25) is 0 Å². The molecule has 1 saturated carbocycles. The second-order valence-electron chi connectivity index (χ2n) is 9.10. The molecular weight excluding hydrogens is 370 g/mol. The predicted molar refractivity (Wildman–Crippen MR) is 116 cm³/mol. The van der Waals surface area contributed by atoms with E-state index >= 15 is 0 Å². The highest BCUT2D eigenvalue weighted by Gasteiger charge is 2.32. The standard InChI is InChI=1S/C24H38F2OSi/c1-3-5-6-15-28-16-13-19(14-17-28)18-7-9-20(10-8-18)21-11-12-22(27-4-2)24(26)23(21)25/h11-12,18-20,28H,3-10,13-17H2,1-2H3. The average Bonchev–Trinajstić information content (AvgIpc) is 2.73. The average molecular weight is 409 g/mol. The maximum atomic E-state index is 14.5. The Morgan fingerprint density at radius 2 is 1.57 bits per heavy atom. The molecule has 1 aromatic carbocycles. The van der Waals surface area contributed by atoms with Gasteiger partial charge in [-0.1, -0.05) is 63.2 Å². The molecule has 1 nitrogen and oxygen atoms in total. The molecule has 1 saturated heterocycles. The minimum Gasteiger partial charge on any atom is -0.491 e. The van der Waals surface area contributed by atoms with Crippen molar-refractivity contribution in [2.45, 2.75) is 95.7 Å². The highest BCUT2D eigenvalue weighted by atomic mass is 28.3. The van der Waals surface area contributed by atoms with E-state index in [1.807, 2.05) is 0 Å². The molecule has 0 unspecified atom stereocenters. The van der Waals surface area contributed by atoms with Crippen molar-refractivity contribution in [2.24, 2.45) is 11.8 Å². The molecule has 3 rings (SSSR count). The minimum atomic E-state index is -0.812. The highest BCUT2D eigenvalue weighted by molar-refractivity contribution is 6.58. The van der Waals surface area contributed by atoms with Crippen LogP contribution in [0.4, 0.5) is 8.78 Å². The van der Waals surface area contributed by atoms with Gasteiger partial charge < -0.3 is 4.74 Å². The van der Waals surface area contributed by atoms with E-state index in [9.17, 15) is 8.78 Å². The van der Waals surface area contributed by atoms with Crippen molar-refractivity contribution < 1.29 is 13.5 Å². The van der Waals surface area contributed by atoms with E-state index in [1.165, 1.54) is 44.9 Å². The van der Waals surface area contributed by atoms with Gasteiger partial charge in [0, 0.05) is 8.80 Å². The zero-order valence-electron chi connectivity index (χ0n) is 17.8. The Hall–Kier alpha value is -0.903. The summed E-state index contributed by atoms with van der Waals surface area (Å²) in [6.07, 6.45) is 11.5. The van der Waals surface area contributed by atoms with E-state index in [1.54, 1.807) is 37.2 Å². The molecule has 0 radical (unpaired) electrons. The van der Waals surface area contributed by atoms with E-state index in [2.05, 4.69) is 6.92 Å². The number of halogens is 2. The van der Waals surface area contributed by atoms with E-state index in [0.717, 1.165) is 24.7 Å². The van der Waals surface area contributed by atoms with Gasteiger partial charge in [0.25, 0.3) is 0 Å². The molecule has 0 amide bonds. The van der Waals surface area contributed by atoms with Crippen LogP contribution in [0.2, 0.25) is 18.1 Å². The quantitative estimate of drug-likeness (QED) is 0.320. The van der Waals surface area contributed by atoms with Crippen LogP contribution in [0.1, 0.15) is 83.1 Å². The zero-order valence-corrected chi connectivity index (χ0v) is 19.0. The van der Waals surface area contributed by atoms with Gasteiger partial charge in [0.15, 0.2) is 11.6 Å². The molecule has 0 N–H and O–H groups in total. The number of rotatable bonds is 8. The van der Waals surface area contributed by atoms with Crippen molar-refractivity contribution in [3.8, 4) is 5.75 Å². The topological polar surface area (TPSA) is 9.23 Å². The Labute approximate surface area is 171 Å². The Morgan fingerprint density at radius 3 is 2.21 bits per heavy atom. The summed E-state index contributed by atoms with van der Waals surface area (Å²) in [5.41, 5.74) is 0.562. The van der Waals surface area contributed by atoms with Crippen LogP contribution in [0.5, 0.6) is 5.75 Å². The van der Waals surface area contributed by atoms with Crippen LogP contribution in [0.3, 0.4) is 0 Å². The van der Waals surface area contributed by atoms with E-state index in [-0.39, 0.29) is 11.7 Å². The second kappa shape index (κ2) is 10.8. The molecule has 1 aliphatic carbocycles. The lowest BCUT2D eigenvalue weighted by Crippen LogP contribution is -2.28. The minimum absolute atomic E-state index is 0.0392. The normalized spacial score (nSPS) is 28.3. The van der Waals surface area contributed by atoms with Crippen molar-refractivity contribution in [3.05, 3.63) is 29.3 Å². The van der Waals surface area contributed by atoms with E-state index < -0.39 is 20.4 Å². The third kappa shape index (κ3) is 5.37. The van der Waals surface area contributed by atoms with Crippen LogP contribution in [0.25, 0.3) is 0 Å². The summed E-state index contributed by atoms with van der Waals surface area (Å²) in [6, 6.07) is 8.02. The Balaban J connectivity index is 1.48. The van der Waals surface area contributed by atoms with Crippen molar-refractivity contribution >= 4 is 8.80 Å². The van der Waals surface area contributed by atoms with Crippen LogP contribution >= 0.6 is 0 Å². The Morgan fingerprint density at radius 1 is 0.893 bits per heavy atom. The first-order chi connectivity index (χ1) is 13.6. The van der Waals surface area contributed by atoms with Crippen molar-refractivity contribution in [1.82, 2.24) is 0 Å². The summed E-state index contributed by atoms with van der Waals surface area (Å²) < 4.78 is 33.9. The Bertz CT molecular complexity index is 605. The lowest BCUT2D eigenvalue weighted by molar-refractivity contribution is 0.214. The van der Waals surface area contributed by atoms with Crippen LogP contribution in [-0.4, -0.2) is 15.4 Å². The summed E-state index contributed by atoms with van der Waals surface area (Å²) in [5, 5.41) is 0. The van der Waals surface area contributed by atoms with Crippen LogP contribution in [0, 0.1) is 23.5 Å². The molecule has 0 bridgehead atoms. The smallest absolute Gasteiger partial charge is 0.200 e. The lowest BCUT2D eigenvalue weighted by Gasteiger charge is -2.37.